The number of rotatable bonds is 2. The van der Waals surface area contributed by atoms with Gasteiger partial charge in [-0.25, -0.2) is 4.39 Å². The first kappa shape index (κ1) is 12.4. The highest BCUT2D eigenvalue weighted by Crippen LogP contribution is 2.28. The molecule has 2 aliphatic rings. The zero-order chi connectivity index (χ0) is 13.4. The van der Waals surface area contributed by atoms with Crippen LogP contribution in [0.15, 0.2) is 18.2 Å². The molecule has 5 heteroatoms. The van der Waals surface area contributed by atoms with E-state index in [-0.39, 0.29) is 11.7 Å². The molecule has 3 rings (SSSR count). The molecule has 2 saturated heterocycles. The van der Waals surface area contributed by atoms with Crippen molar-refractivity contribution < 1.29 is 13.9 Å². The molecule has 0 bridgehead atoms. The summed E-state index contributed by atoms with van der Waals surface area (Å²) in [5.74, 6) is 0.763. The summed E-state index contributed by atoms with van der Waals surface area (Å²) in [6.45, 7) is 3.55. The SMILES string of the molecule is COc1cc(C(=O)N2CC3CNCC3C2)ccc1F. The molecule has 2 atom stereocenters. The van der Waals surface area contributed by atoms with Gasteiger partial charge in [-0.1, -0.05) is 0 Å². The molecule has 0 saturated carbocycles. The predicted molar refractivity (Wildman–Crippen MR) is 68.7 cm³/mol. The van der Waals surface area contributed by atoms with Crippen LogP contribution < -0.4 is 10.1 Å². The standard InChI is InChI=1S/C14H17FN2O2/c1-19-13-4-9(2-3-12(13)15)14(18)17-7-10-5-16-6-11(10)8-17/h2-4,10-11,16H,5-8H2,1H3. The predicted octanol–water partition coefficient (Wildman–Crippen LogP) is 1.13. The van der Waals surface area contributed by atoms with E-state index in [1.165, 1.54) is 25.3 Å². The first-order chi connectivity index (χ1) is 9.19. The molecule has 0 aliphatic carbocycles. The van der Waals surface area contributed by atoms with Crippen molar-refractivity contribution in [3.63, 3.8) is 0 Å². The van der Waals surface area contributed by atoms with Gasteiger partial charge in [-0.05, 0) is 30.0 Å². The Morgan fingerprint density at radius 1 is 1.37 bits per heavy atom. The summed E-state index contributed by atoms with van der Waals surface area (Å²) >= 11 is 0. The lowest BCUT2D eigenvalue weighted by atomic mass is 10.0. The smallest absolute Gasteiger partial charge is 0.254 e. The van der Waals surface area contributed by atoms with Gasteiger partial charge in [-0.2, -0.15) is 0 Å². The molecule has 2 fully saturated rings. The minimum Gasteiger partial charge on any atom is -0.494 e. The number of methoxy groups -OCH3 is 1. The van der Waals surface area contributed by atoms with Crippen LogP contribution in [0.3, 0.4) is 0 Å². The Hall–Kier alpha value is -1.62. The van der Waals surface area contributed by atoms with Gasteiger partial charge in [0.05, 0.1) is 7.11 Å². The maximum absolute atomic E-state index is 13.3. The van der Waals surface area contributed by atoms with Crippen LogP contribution in [-0.4, -0.2) is 44.1 Å². The van der Waals surface area contributed by atoms with Crippen LogP contribution in [0.25, 0.3) is 0 Å². The third-order valence-electron chi connectivity index (χ3n) is 4.07. The van der Waals surface area contributed by atoms with Gasteiger partial charge in [0.15, 0.2) is 11.6 Å². The maximum atomic E-state index is 13.3. The molecule has 19 heavy (non-hydrogen) atoms. The van der Waals surface area contributed by atoms with Crippen molar-refractivity contribution in [1.82, 2.24) is 10.2 Å². The van der Waals surface area contributed by atoms with Crippen LogP contribution in [0.2, 0.25) is 0 Å². The summed E-state index contributed by atoms with van der Waals surface area (Å²) in [5.41, 5.74) is 0.492. The van der Waals surface area contributed by atoms with E-state index in [4.69, 9.17) is 4.74 Å². The Bertz CT molecular complexity index is 494. The van der Waals surface area contributed by atoms with Gasteiger partial charge in [0.25, 0.3) is 5.91 Å². The number of nitrogens with zero attached hydrogens (tertiary/aromatic N) is 1. The number of benzene rings is 1. The second-order valence-corrected chi connectivity index (χ2v) is 5.24. The molecule has 1 amide bonds. The number of amides is 1. The molecular formula is C14H17FN2O2. The van der Waals surface area contributed by atoms with E-state index in [2.05, 4.69) is 5.32 Å². The fourth-order valence-corrected chi connectivity index (χ4v) is 3.00. The number of hydrogen-bond donors (Lipinski definition) is 1. The first-order valence-corrected chi connectivity index (χ1v) is 6.52. The van der Waals surface area contributed by atoms with E-state index in [0.29, 0.717) is 17.4 Å². The number of likely N-dealkylation sites (tertiary alicyclic amines) is 1. The van der Waals surface area contributed by atoms with E-state index >= 15 is 0 Å². The third-order valence-corrected chi connectivity index (χ3v) is 4.07. The number of fused-ring (bicyclic) bond motifs is 1. The fourth-order valence-electron chi connectivity index (χ4n) is 3.00. The summed E-state index contributed by atoms with van der Waals surface area (Å²) in [6, 6.07) is 4.28. The van der Waals surface area contributed by atoms with Crippen molar-refractivity contribution in [3.05, 3.63) is 29.6 Å². The third kappa shape index (κ3) is 2.18. The van der Waals surface area contributed by atoms with Gasteiger partial charge in [0.1, 0.15) is 0 Å². The van der Waals surface area contributed by atoms with Crippen molar-refractivity contribution in [2.75, 3.05) is 33.3 Å². The minimum absolute atomic E-state index is 0.0345. The average molecular weight is 264 g/mol. The Morgan fingerprint density at radius 3 is 2.68 bits per heavy atom. The quantitative estimate of drug-likeness (QED) is 0.870. The maximum Gasteiger partial charge on any atom is 0.254 e. The average Bonchev–Trinajstić information content (AvgIpc) is 2.99. The Balaban J connectivity index is 1.77. The molecular weight excluding hydrogens is 247 g/mol. The topological polar surface area (TPSA) is 41.6 Å². The summed E-state index contributed by atoms with van der Waals surface area (Å²) < 4.78 is 18.3. The van der Waals surface area contributed by atoms with E-state index in [1.807, 2.05) is 4.90 Å². The molecule has 0 spiro atoms. The van der Waals surface area contributed by atoms with Crippen LogP contribution in [0.5, 0.6) is 5.75 Å². The highest BCUT2D eigenvalue weighted by atomic mass is 19.1. The van der Waals surface area contributed by atoms with Crippen molar-refractivity contribution in [2.45, 2.75) is 0 Å². The van der Waals surface area contributed by atoms with Gasteiger partial charge in [0.2, 0.25) is 0 Å². The summed E-state index contributed by atoms with van der Waals surface area (Å²) in [7, 11) is 1.40. The van der Waals surface area contributed by atoms with Crippen LogP contribution in [0.4, 0.5) is 4.39 Å². The van der Waals surface area contributed by atoms with Gasteiger partial charge in [-0.3, -0.25) is 4.79 Å². The van der Waals surface area contributed by atoms with Crippen molar-refractivity contribution >= 4 is 5.91 Å². The molecule has 1 aromatic carbocycles. The second kappa shape index (κ2) is 4.81. The summed E-state index contributed by atoms with van der Waals surface area (Å²) in [4.78, 5) is 14.2. The number of carbonyl (C=O) groups is 1. The van der Waals surface area contributed by atoms with Crippen LogP contribution in [0, 0.1) is 17.7 Å². The molecule has 2 heterocycles. The molecule has 0 radical (unpaired) electrons. The lowest BCUT2D eigenvalue weighted by Crippen LogP contribution is -2.31. The van der Waals surface area contributed by atoms with Gasteiger partial charge >= 0.3 is 0 Å². The molecule has 102 valence electrons. The normalized spacial score (nSPS) is 25.5. The van der Waals surface area contributed by atoms with E-state index in [9.17, 15) is 9.18 Å². The zero-order valence-corrected chi connectivity index (χ0v) is 10.9. The highest BCUT2D eigenvalue weighted by molar-refractivity contribution is 5.94. The zero-order valence-electron chi connectivity index (χ0n) is 10.9. The largest absolute Gasteiger partial charge is 0.494 e. The number of nitrogens with one attached hydrogen (secondary N) is 1. The lowest BCUT2D eigenvalue weighted by molar-refractivity contribution is 0.0781. The highest BCUT2D eigenvalue weighted by Gasteiger charge is 2.38. The lowest BCUT2D eigenvalue weighted by Gasteiger charge is -2.18. The van der Waals surface area contributed by atoms with Gasteiger partial charge < -0.3 is 15.0 Å². The number of ether oxygens (including phenoxy) is 1. The summed E-state index contributed by atoms with van der Waals surface area (Å²) in [5, 5.41) is 3.34. The van der Waals surface area contributed by atoms with E-state index < -0.39 is 5.82 Å². The van der Waals surface area contributed by atoms with Crippen molar-refractivity contribution in [1.29, 1.82) is 0 Å². The van der Waals surface area contributed by atoms with Crippen molar-refractivity contribution in [3.8, 4) is 5.75 Å². The Kier molecular flexibility index (Phi) is 3.14. The fraction of sp³-hybridized carbons (Fsp3) is 0.500. The number of halogens is 1. The molecule has 2 aliphatic heterocycles. The Morgan fingerprint density at radius 2 is 2.05 bits per heavy atom. The molecule has 2 unspecified atom stereocenters. The number of hydrogen-bond acceptors (Lipinski definition) is 3. The van der Waals surface area contributed by atoms with E-state index in [0.717, 1.165) is 26.2 Å². The van der Waals surface area contributed by atoms with Crippen LogP contribution >= 0.6 is 0 Å². The second-order valence-electron chi connectivity index (χ2n) is 5.24. The van der Waals surface area contributed by atoms with E-state index in [1.54, 1.807) is 0 Å². The molecule has 4 nitrogen and oxygen atoms in total. The monoisotopic (exact) mass is 264 g/mol. The van der Waals surface area contributed by atoms with Crippen LogP contribution in [0.1, 0.15) is 10.4 Å². The van der Waals surface area contributed by atoms with Crippen LogP contribution in [-0.2, 0) is 0 Å². The molecule has 1 aromatic rings. The first-order valence-electron chi connectivity index (χ1n) is 6.52. The molecule has 1 N–H and O–H groups in total. The van der Waals surface area contributed by atoms with Gasteiger partial charge in [0, 0.05) is 31.7 Å². The Labute approximate surface area is 111 Å². The van der Waals surface area contributed by atoms with Gasteiger partial charge in [-0.15, -0.1) is 0 Å². The number of carbonyl (C=O) groups excluding carboxylic acids is 1. The minimum atomic E-state index is -0.443. The summed E-state index contributed by atoms with van der Waals surface area (Å²) in [6.07, 6.45) is 0. The van der Waals surface area contributed by atoms with Crippen molar-refractivity contribution in [2.24, 2.45) is 11.8 Å². The molecule has 0 aromatic heterocycles.